The molecular formula is C21H29NO2. The molecule has 0 atom stereocenters. The molecule has 3 nitrogen and oxygen atoms in total. The number of benzene rings is 1. The van der Waals surface area contributed by atoms with Crippen molar-refractivity contribution in [2.75, 3.05) is 7.11 Å². The molecule has 0 unspecified atom stereocenters. The Balaban J connectivity index is 2.65. The van der Waals surface area contributed by atoms with Gasteiger partial charge in [0.05, 0.1) is 12.8 Å². The number of nitrogens with one attached hydrogen (secondary N) is 1. The summed E-state index contributed by atoms with van der Waals surface area (Å²) in [6, 6.07) is 7.45. The molecule has 130 valence electrons. The summed E-state index contributed by atoms with van der Waals surface area (Å²) in [7, 11) is 1.63. The van der Waals surface area contributed by atoms with Gasteiger partial charge in [0.2, 0.25) is 0 Å². The maximum absolute atomic E-state index is 11.4. The first-order valence-corrected chi connectivity index (χ1v) is 8.31. The molecule has 0 saturated carbocycles. The summed E-state index contributed by atoms with van der Waals surface area (Å²) in [5, 5.41) is 20.1. The fraction of sp³-hybridized carbons (Fsp3) is 0.476. The molecule has 2 N–H and O–H groups in total. The molecule has 0 spiro atoms. The summed E-state index contributed by atoms with van der Waals surface area (Å²) < 4.78 is 5.21. The van der Waals surface area contributed by atoms with Crippen molar-refractivity contribution >= 4 is 5.71 Å². The first-order chi connectivity index (χ1) is 10.9. The SMILES string of the molecule is COc1ccc(C2(O)C=C(C(C)(C)C)C(=N)C(C(C)(C)C)=C2)cc1. The fourth-order valence-electron chi connectivity index (χ4n) is 2.98. The number of aliphatic hydroxyl groups is 1. The van der Waals surface area contributed by atoms with Crippen LogP contribution < -0.4 is 4.74 Å². The zero-order chi connectivity index (χ0) is 18.3. The van der Waals surface area contributed by atoms with Gasteiger partial charge < -0.3 is 15.3 Å². The molecule has 1 aromatic rings. The van der Waals surface area contributed by atoms with E-state index in [1.807, 2.05) is 36.4 Å². The molecule has 3 heteroatoms. The van der Waals surface area contributed by atoms with E-state index in [2.05, 4.69) is 41.5 Å². The summed E-state index contributed by atoms with van der Waals surface area (Å²) in [5.74, 6) is 0.756. The lowest BCUT2D eigenvalue weighted by molar-refractivity contribution is 0.138. The summed E-state index contributed by atoms with van der Waals surface area (Å²) in [5.41, 5.74) is 1.38. The van der Waals surface area contributed by atoms with E-state index in [4.69, 9.17) is 10.1 Å². The van der Waals surface area contributed by atoms with Crippen molar-refractivity contribution in [3.05, 3.63) is 53.1 Å². The van der Waals surface area contributed by atoms with Crippen LogP contribution in [-0.4, -0.2) is 17.9 Å². The standard InChI is InChI=1S/C21H29NO2/c1-19(2,3)16-12-21(23,13-17(18(16)22)20(4,5)6)14-8-10-15(24-7)11-9-14/h8-13,22-23H,1-7H3. The average molecular weight is 327 g/mol. The van der Waals surface area contributed by atoms with Gasteiger partial charge >= 0.3 is 0 Å². The number of hydrogen-bond donors (Lipinski definition) is 2. The lowest BCUT2D eigenvalue weighted by atomic mass is 9.68. The van der Waals surface area contributed by atoms with E-state index in [1.54, 1.807) is 7.11 Å². The van der Waals surface area contributed by atoms with Crippen molar-refractivity contribution in [1.29, 1.82) is 5.41 Å². The average Bonchev–Trinajstić information content (AvgIpc) is 2.47. The van der Waals surface area contributed by atoms with Gasteiger partial charge in [-0.2, -0.15) is 0 Å². The lowest BCUT2D eigenvalue weighted by Gasteiger charge is -2.38. The predicted octanol–water partition coefficient (Wildman–Crippen LogP) is 4.86. The van der Waals surface area contributed by atoms with E-state index in [9.17, 15) is 5.11 Å². The smallest absolute Gasteiger partial charge is 0.128 e. The molecule has 0 aromatic heterocycles. The van der Waals surface area contributed by atoms with E-state index < -0.39 is 5.60 Å². The summed E-state index contributed by atoms with van der Waals surface area (Å²) >= 11 is 0. The van der Waals surface area contributed by atoms with E-state index in [0.717, 1.165) is 22.5 Å². The molecule has 0 fully saturated rings. The van der Waals surface area contributed by atoms with Gasteiger partial charge in [0.15, 0.2) is 0 Å². The Morgan fingerprint density at radius 1 is 0.875 bits per heavy atom. The van der Waals surface area contributed by atoms with Gasteiger partial charge in [0.25, 0.3) is 0 Å². The molecule has 0 saturated heterocycles. The van der Waals surface area contributed by atoms with Gasteiger partial charge in [-0.25, -0.2) is 0 Å². The van der Waals surface area contributed by atoms with Crippen LogP contribution in [0.1, 0.15) is 47.1 Å². The minimum Gasteiger partial charge on any atom is -0.497 e. The molecule has 1 aliphatic carbocycles. The first-order valence-electron chi connectivity index (χ1n) is 8.31. The van der Waals surface area contributed by atoms with Crippen LogP contribution in [0.4, 0.5) is 0 Å². The maximum Gasteiger partial charge on any atom is 0.128 e. The second kappa shape index (κ2) is 5.89. The third-order valence-electron chi connectivity index (χ3n) is 4.44. The highest BCUT2D eigenvalue weighted by Gasteiger charge is 2.38. The summed E-state index contributed by atoms with van der Waals surface area (Å²) in [4.78, 5) is 0. The molecule has 0 radical (unpaired) electrons. The van der Waals surface area contributed by atoms with Crippen molar-refractivity contribution in [3.63, 3.8) is 0 Å². The lowest BCUT2D eigenvalue weighted by Crippen LogP contribution is -2.35. The normalized spacial score (nSPS) is 22.1. The van der Waals surface area contributed by atoms with Crippen molar-refractivity contribution < 1.29 is 9.84 Å². The Morgan fingerprint density at radius 2 is 1.29 bits per heavy atom. The van der Waals surface area contributed by atoms with Crippen LogP contribution in [0.15, 0.2) is 47.6 Å². The van der Waals surface area contributed by atoms with E-state index >= 15 is 0 Å². The van der Waals surface area contributed by atoms with Gasteiger partial charge in [0, 0.05) is 0 Å². The highest BCUT2D eigenvalue weighted by molar-refractivity contribution is 6.13. The van der Waals surface area contributed by atoms with Crippen LogP contribution in [-0.2, 0) is 5.60 Å². The van der Waals surface area contributed by atoms with Gasteiger partial charge in [-0.05, 0) is 51.8 Å². The van der Waals surface area contributed by atoms with Crippen LogP contribution in [0.5, 0.6) is 5.75 Å². The van der Waals surface area contributed by atoms with E-state index in [-0.39, 0.29) is 10.8 Å². The Morgan fingerprint density at radius 3 is 1.62 bits per heavy atom. The Kier molecular flexibility index (Phi) is 4.53. The van der Waals surface area contributed by atoms with Crippen LogP contribution in [0.3, 0.4) is 0 Å². The number of methoxy groups -OCH3 is 1. The monoisotopic (exact) mass is 327 g/mol. The minimum atomic E-state index is -1.22. The topological polar surface area (TPSA) is 53.3 Å². The highest BCUT2D eigenvalue weighted by atomic mass is 16.5. The molecule has 2 rings (SSSR count). The quantitative estimate of drug-likeness (QED) is 0.815. The number of allylic oxidation sites excluding steroid dienone is 2. The summed E-state index contributed by atoms with van der Waals surface area (Å²) in [6.45, 7) is 12.5. The van der Waals surface area contributed by atoms with Crippen molar-refractivity contribution in [3.8, 4) is 5.75 Å². The third-order valence-corrected chi connectivity index (χ3v) is 4.44. The molecule has 1 aromatic carbocycles. The van der Waals surface area contributed by atoms with Crippen LogP contribution in [0.2, 0.25) is 0 Å². The molecular weight excluding hydrogens is 298 g/mol. The Labute approximate surface area is 145 Å². The second-order valence-electron chi connectivity index (χ2n) is 8.54. The molecule has 0 amide bonds. The van der Waals surface area contributed by atoms with Crippen molar-refractivity contribution in [2.24, 2.45) is 10.8 Å². The minimum absolute atomic E-state index is 0.220. The van der Waals surface area contributed by atoms with Crippen LogP contribution in [0.25, 0.3) is 0 Å². The largest absolute Gasteiger partial charge is 0.497 e. The Bertz CT molecular complexity index is 661. The molecule has 0 heterocycles. The maximum atomic E-state index is 11.4. The zero-order valence-electron chi connectivity index (χ0n) is 15.8. The zero-order valence-corrected chi connectivity index (χ0v) is 15.8. The van der Waals surface area contributed by atoms with Gasteiger partial charge in [-0.3, -0.25) is 0 Å². The van der Waals surface area contributed by atoms with Crippen LogP contribution >= 0.6 is 0 Å². The summed E-state index contributed by atoms with van der Waals surface area (Å²) in [6.07, 6.45) is 3.65. The van der Waals surface area contributed by atoms with Crippen molar-refractivity contribution in [2.45, 2.75) is 47.1 Å². The van der Waals surface area contributed by atoms with E-state index in [1.165, 1.54) is 0 Å². The van der Waals surface area contributed by atoms with Crippen molar-refractivity contribution in [1.82, 2.24) is 0 Å². The second-order valence-corrected chi connectivity index (χ2v) is 8.54. The van der Waals surface area contributed by atoms with E-state index in [0.29, 0.717) is 5.71 Å². The number of ether oxygens (including phenoxy) is 1. The first kappa shape index (κ1) is 18.5. The molecule has 0 aliphatic heterocycles. The molecule has 24 heavy (non-hydrogen) atoms. The molecule has 0 bridgehead atoms. The van der Waals surface area contributed by atoms with Gasteiger partial charge in [-0.15, -0.1) is 0 Å². The Hall–Kier alpha value is -1.87. The molecule has 1 aliphatic rings. The fourth-order valence-corrected chi connectivity index (χ4v) is 2.98. The highest BCUT2D eigenvalue weighted by Crippen LogP contribution is 2.43. The predicted molar refractivity (Wildman–Crippen MR) is 99.7 cm³/mol. The third kappa shape index (κ3) is 3.46. The number of rotatable bonds is 2. The van der Waals surface area contributed by atoms with Gasteiger partial charge in [0.1, 0.15) is 11.4 Å². The van der Waals surface area contributed by atoms with Gasteiger partial charge in [-0.1, -0.05) is 53.7 Å². The number of hydrogen-bond acceptors (Lipinski definition) is 3. The van der Waals surface area contributed by atoms with Crippen LogP contribution in [0, 0.1) is 16.2 Å².